The predicted octanol–water partition coefficient (Wildman–Crippen LogP) is 2.86. The molecule has 12 heavy (non-hydrogen) atoms. The molecule has 0 amide bonds. The van der Waals surface area contributed by atoms with Crippen LogP contribution < -0.4 is 5.73 Å². The smallest absolute Gasteiger partial charge is 0.0163 e. The first-order valence-electron chi connectivity index (χ1n) is 5.02. The van der Waals surface area contributed by atoms with Crippen molar-refractivity contribution in [2.75, 3.05) is 0 Å². The molecule has 1 aliphatic rings. The van der Waals surface area contributed by atoms with Crippen molar-refractivity contribution < 1.29 is 0 Å². The van der Waals surface area contributed by atoms with Crippen LogP contribution in [0.2, 0.25) is 0 Å². The predicted molar refractivity (Wildman–Crippen MR) is 54.0 cm³/mol. The lowest BCUT2D eigenvalue weighted by molar-refractivity contribution is 0.432. The van der Waals surface area contributed by atoms with E-state index >= 15 is 0 Å². The number of hydrogen-bond acceptors (Lipinski definition) is 1. The van der Waals surface area contributed by atoms with E-state index in [4.69, 9.17) is 5.73 Å². The minimum absolute atomic E-state index is 0.0149. The molecule has 1 heteroatoms. The second-order valence-electron chi connectivity index (χ2n) is 4.49. The molecule has 0 spiro atoms. The summed E-state index contributed by atoms with van der Waals surface area (Å²) in [5, 5.41) is 0. The molecule has 0 aromatic rings. The van der Waals surface area contributed by atoms with E-state index in [1.807, 2.05) is 0 Å². The van der Waals surface area contributed by atoms with Gasteiger partial charge < -0.3 is 5.73 Å². The van der Waals surface area contributed by atoms with E-state index in [0.717, 1.165) is 18.8 Å². The van der Waals surface area contributed by atoms with E-state index in [1.54, 1.807) is 0 Å². The molecule has 1 fully saturated rings. The highest BCUT2D eigenvalue weighted by Gasteiger charge is 2.26. The molecule has 1 saturated carbocycles. The van der Waals surface area contributed by atoms with Gasteiger partial charge in [0.25, 0.3) is 0 Å². The molecule has 0 aliphatic heterocycles. The molecule has 0 heterocycles. The quantitative estimate of drug-likeness (QED) is 0.471. The molecule has 1 aliphatic carbocycles. The summed E-state index contributed by atoms with van der Waals surface area (Å²) in [6.45, 7) is 8.54. The Morgan fingerprint density at radius 3 is 2.92 bits per heavy atom. The van der Waals surface area contributed by atoms with Crippen LogP contribution in [0.1, 0.15) is 46.0 Å². The zero-order valence-electron chi connectivity index (χ0n) is 8.40. The van der Waals surface area contributed by atoms with Crippen LogP contribution in [-0.4, -0.2) is 5.54 Å². The fourth-order valence-corrected chi connectivity index (χ4v) is 2.20. The van der Waals surface area contributed by atoms with Crippen molar-refractivity contribution in [3.05, 3.63) is 12.2 Å². The standard InChI is InChI=1S/C11H21N/c1-4-10-6-5-7-11(3,12)8-9(10)2/h10H,2,4-8,12H2,1,3H3/t10?,11-/m0/s1. The summed E-state index contributed by atoms with van der Waals surface area (Å²) in [4.78, 5) is 0. The third-order valence-electron chi connectivity index (χ3n) is 3.00. The van der Waals surface area contributed by atoms with E-state index in [-0.39, 0.29) is 5.54 Å². The first-order chi connectivity index (χ1) is 5.55. The number of nitrogens with two attached hydrogens (primary N) is 1. The van der Waals surface area contributed by atoms with E-state index in [2.05, 4.69) is 20.4 Å². The molecular formula is C11H21N. The molecule has 0 radical (unpaired) electrons. The van der Waals surface area contributed by atoms with Crippen molar-refractivity contribution >= 4 is 0 Å². The van der Waals surface area contributed by atoms with Gasteiger partial charge in [0.05, 0.1) is 0 Å². The molecule has 0 bridgehead atoms. The van der Waals surface area contributed by atoms with Gasteiger partial charge in [-0.25, -0.2) is 0 Å². The summed E-state index contributed by atoms with van der Waals surface area (Å²) >= 11 is 0. The fourth-order valence-electron chi connectivity index (χ4n) is 2.20. The normalized spacial score (nSPS) is 37.9. The monoisotopic (exact) mass is 167 g/mol. The van der Waals surface area contributed by atoms with Gasteiger partial charge in [0.2, 0.25) is 0 Å². The molecule has 0 aromatic heterocycles. The van der Waals surface area contributed by atoms with E-state index < -0.39 is 0 Å². The Balaban J connectivity index is 2.62. The van der Waals surface area contributed by atoms with Crippen molar-refractivity contribution in [3.8, 4) is 0 Å². The Labute approximate surface area is 76.0 Å². The van der Waals surface area contributed by atoms with Crippen molar-refractivity contribution in [2.45, 2.75) is 51.5 Å². The SMILES string of the molecule is C=C1C[C@@](C)(N)CCCC1CC. The molecule has 2 atom stereocenters. The maximum atomic E-state index is 6.12. The van der Waals surface area contributed by atoms with Crippen molar-refractivity contribution in [1.29, 1.82) is 0 Å². The third-order valence-corrected chi connectivity index (χ3v) is 3.00. The zero-order chi connectivity index (χ0) is 9.19. The number of rotatable bonds is 1. The second kappa shape index (κ2) is 3.61. The fraction of sp³-hybridized carbons (Fsp3) is 0.818. The lowest BCUT2D eigenvalue weighted by Gasteiger charge is -2.23. The molecule has 1 nitrogen and oxygen atoms in total. The number of hydrogen-bond donors (Lipinski definition) is 1. The van der Waals surface area contributed by atoms with Gasteiger partial charge in [-0.1, -0.05) is 25.5 Å². The molecule has 1 unspecified atom stereocenters. The maximum Gasteiger partial charge on any atom is 0.0163 e. The van der Waals surface area contributed by atoms with Crippen molar-refractivity contribution in [3.63, 3.8) is 0 Å². The van der Waals surface area contributed by atoms with Gasteiger partial charge in [-0.15, -0.1) is 0 Å². The van der Waals surface area contributed by atoms with Crippen LogP contribution in [0.15, 0.2) is 12.2 Å². The topological polar surface area (TPSA) is 26.0 Å². The maximum absolute atomic E-state index is 6.12. The second-order valence-corrected chi connectivity index (χ2v) is 4.49. The first kappa shape index (κ1) is 9.79. The first-order valence-corrected chi connectivity index (χ1v) is 5.02. The molecular weight excluding hydrogens is 146 g/mol. The van der Waals surface area contributed by atoms with Gasteiger partial charge in [0.1, 0.15) is 0 Å². The Morgan fingerprint density at radius 1 is 1.67 bits per heavy atom. The van der Waals surface area contributed by atoms with Crippen LogP contribution in [0, 0.1) is 5.92 Å². The van der Waals surface area contributed by atoms with E-state index in [1.165, 1.54) is 24.8 Å². The van der Waals surface area contributed by atoms with E-state index in [9.17, 15) is 0 Å². The summed E-state index contributed by atoms with van der Waals surface area (Å²) in [5.41, 5.74) is 7.51. The van der Waals surface area contributed by atoms with Crippen LogP contribution in [0.4, 0.5) is 0 Å². The van der Waals surface area contributed by atoms with Crippen LogP contribution in [-0.2, 0) is 0 Å². The molecule has 2 N–H and O–H groups in total. The average molecular weight is 167 g/mol. The lowest BCUT2D eigenvalue weighted by atomic mass is 9.89. The van der Waals surface area contributed by atoms with Gasteiger partial charge in [-0.2, -0.15) is 0 Å². The Bertz CT molecular complexity index is 170. The summed E-state index contributed by atoms with van der Waals surface area (Å²) in [6.07, 6.45) is 5.97. The third kappa shape index (κ3) is 2.34. The van der Waals surface area contributed by atoms with Crippen molar-refractivity contribution in [2.24, 2.45) is 11.7 Å². The summed E-state index contributed by atoms with van der Waals surface area (Å²) in [6, 6.07) is 0. The minimum Gasteiger partial charge on any atom is -0.325 e. The Hall–Kier alpha value is -0.300. The van der Waals surface area contributed by atoms with Gasteiger partial charge in [0, 0.05) is 5.54 Å². The lowest BCUT2D eigenvalue weighted by Crippen LogP contribution is -2.35. The molecule has 70 valence electrons. The summed E-state index contributed by atoms with van der Waals surface area (Å²) in [5.74, 6) is 0.732. The van der Waals surface area contributed by atoms with Gasteiger partial charge in [-0.3, -0.25) is 0 Å². The van der Waals surface area contributed by atoms with Crippen LogP contribution in [0.25, 0.3) is 0 Å². The Kier molecular flexibility index (Phi) is 2.94. The van der Waals surface area contributed by atoms with Crippen LogP contribution in [0.5, 0.6) is 0 Å². The summed E-state index contributed by atoms with van der Waals surface area (Å²) < 4.78 is 0. The molecule has 1 rings (SSSR count). The largest absolute Gasteiger partial charge is 0.325 e. The van der Waals surface area contributed by atoms with Crippen LogP contribution >= 0.6 is 0 Å². The highest BCUT2D eigenvalue weighted by Crippen LogP contribution is 2.33. The summed E-state index contributed by atoms with van der Waals surface area (Å²) in [7, 11) is 0. The molecule has 0 saturated heterocycles. The van der Waals surface area contributed by atoms with E-state index in [0.29, 0.717) is 0 Å². The van der Waals surface area contributed by atoms with Crippen LogP contribution in [0.3, 0.4) is 0 Å². The minimum atomic E-state index is 0.0149. The zero-order valence-corrected chi connectivity index (χ0v) is 8.40. The van der Waals surface area contributed by atoms with Gasteiger partial charge in [-0.05, 0) is 38.5 Å². The van der Waals surface area contributed by atoms with Gasteiger partial charge >= 0.3 is 0 Å². The van der Waals surface area contributed by atoms with Crippen molar-refractivity contribution in [1.82, 2.24) is 0 Å². The average Bonchev–Trinajstić information content (AvgIpc) is 2.07. The van der Waals surface area contributed by atoms with Gasteiger partial charge in [0.15, 0.2) is 0 Å². The Morgan fingerprint density at radius 2 is 2.33 bits per heavy atom. The molecule has 0 aromatic carbocycles. The highest BCUT2D eigenvalue weighted by atomic mass is 14.7. The highest BCUT2D eigenvalue weighted by molar-refractivity contribution is 5.08.